The molecule has 3 heterocycles. The van der Waals surface area contributed by atoms with Gasteiger partial charge in [-0.05, 0) is 49.9 Å². The van der Waals surface area contributed by atoms with Gasteiger partial charge in [-0.3, -0.25) is 9.79 Å². The van der Waals surface area contributed by atoms with Crippen LogP contribution < -0.4 is 10.6 Å². The first-order valence-electron chi connectivity index (χ1n) is 10.7. The Morgan fingerprint density at radius 1 is 1.10 bits per heavy atom. The maximum absolute atomic E-state index is 13.1. The number of hydrogen-bond donors (Lipinski definition) is 2. The molecule has 5 rings (SSSR count). The zero-order valence-electron chi connectivity index (χ0n) is 16.6. The van der Waals surface area contributed by atoms with Gasteiger partial charge in [0, 0.05) is 18.3 Å². The second-order valence-electron chi connectivity index (χ2n) is 8.34. The molecule has 0 radical (unpaired) electrons. The SMILES string of the molecule is O=C(c1ccccc1)N1CCCC2(C1)Nc1cccnc1NC2=NC1CCCC1. The fourth-order valence-electron chi connectivity index (χ4n) is 4.81. The summed E-state index contributed by atoms with van der Waals surface area (Å²) in [5.41, 5.74) is 1.33. The van der Waals surface area contributed by atoms with Gasteiger partial charge in [0.05, 0.1) is 18.3 Å². The van der Waals surface area contributed by atoms with Crippen molar-refractivity contribution in [3.8, 4) is 0 Å². The van der Waals surface area contributed by atoms with Crippen LogP contribution in [0.4, 0.5) is 11.5 Å². The Morgan fingerprint density at radius 2 is 1.93 bits per heavy atom. The van der Waals surface area contributed by atoms with E-state index >= 15 is 0 Å². The average molecular weight is 390 g/mol. The largest absolute Gasteiger partial charge is 0.368 e. The minimum atomic E-state index is -0.388. The van der Waals surface area contributed by atoms with Crippen LogP contribution in [0.25, 0.3) is 0 Å². The molecule has 1 saturated carbocycles. The van der Waals surface area contributed by atoms with Crippen LogP contribution in [0.15, 0.2) is 53.7 Å². The molecule has 0 bridgehead atoms. The summed E-state index contributed by atoms with van der Waals surface area (Å²) in [4.78, 5) is 24.8. The number of aliphatic imine (C=N–C) groups is 1. The lowest BCUT2D eigenvalue weighted by atomic mass is 9.85. The molecule has 150 valence electrons. The summed E-state index contributed by atoms with van der Waals surface area (Å²) in [5, 5.41) is 7.25. The molecule has 3 aliphatic rings. The number of benzene rings is 1. The molecule has 2 fully saturated rings. The number of piperidine rings is 1. The van der Waals surface area contributed by atoms with Gasteiger partial charge in [0.1, 0.15) is 11.4 Å². The number of amidine groups is 1. The van der Waals surface area contributed by atoms with Crippen LogP contribution >= 0.6 is 0 Å². The number of carbonyl (C=O) groups excluding carboxylic acids is 1. The van der Waals surface area contributed by atoms with Gasteiger partial charge >= 0.3 is 0 Å². The minimum absolute atomic E-state index is 0.0867. The lowest BCUT2D eigenvalue weighted by molar-refractivity contribution is 0.0694. The molecule has 1 aromatic carbocycles. The van der Waals surface area contributed by atoms with Crippen LogP contribution in [-0.4, -0.2) is 46.3 Å². The van der Waals surface area contributed by atoms with E-state index in [2.05, 4.69) is 15.6 Å². The molecule has 29 heavy (non-hydrogen) atoms. The van der Waals surface area contributed by atoms with Crippen molar-refractivity contribution >= 4 is 23.2 Å². The Bertz CT molecular complexity index is 922. The van der Waals surface area contributed by atoms with Gasteiger partial charge in [-0.1, -0.05) is 31.0 Å². The Kier molecular flexibility index (Phi) is 4.70. The van der Waals surface area contributed by atoms with Crippen molar-refractivity contribution in [2.24, 2.45) is 4.99 Å². The molecule has 1 unspecified atom stereocenters. The van der Waals surface area contributed by atoms with E-state index in [1.807, 2.05) is 47.4 Å². The summed E-state index contributed by atoms with van der Waals surface area (Å²) in [7, 11) is 0. The number of nitrogens with one attached hydrogen (secondary N) is 2. The topological polar surface area (TPSA) is 69.6 Å². The van der Waals surface area contributed by atoms with Gasteiger partial charge in [-0.2, -0.15) is 0 Å². The normalized spacial score (nSPS) is 25.5. The first-order valence-corrected chi connectivity index (χ1v) is 10.7. The summed E-state index contributed by atoms with van der Waals surface area (Å²) in [6.45, 7) is 1.38. The third-order valence-electron chi connectivity index (χ3n) is 6.31. The van der Waals surface area contributed by atoms with E-state index in [-0.39, 0.29) is 11.4 Å². The van der Waals surface area contributed by atoms with Crippen molar-refractivity contribution < 1.29 is 4.79 Å². The van der Waals surface area contributed by atoms with Crippen molar-refractivity contribution in [1.29, 1.82) is 0 Å². The number of likely N-dealkylation sites (tertiary alicyclic amines) is 1. The molecule has 1 spiro atoms. The number of rotatable bonds is 2. The van der Waals surface area contributed by atoms with Crippen LogP contribution in [0.2, 0.25) is 0 Å². The lowest BCUT2D eigenvalue weighted by Crippen LogP contribution is -2.62. The molecule has 1 aliphatic carbocycles. The van der Waals surface area contributed by atoms with Crippen LogP contribution in [0.3, 0.4) is 0 Å². The molecule has 1 aromatic heterocycles. The van der Waals surface area contributed by atoms with Crippen molar-refractivity contribution in [2.75, 3.05) is 23.7 Å². The van der Waals surface area contributed by atoms with E-state index in [1.165, 1.54) is 12.8 Å². The Hall–Kier alpha value is -2.89. The molecular formula is C23H27N5O. The first-order chi connectivity index (χ1) is 14.2. The second kappa shape index (κ2) is 7.50. The molecule has 1 atom stereocenters. The average Bonchev–Trinajstić information content (AvgIpc) is 3.28. The second-order valence-corrected chi connectivity index (χ2v) is 8.34. The standard InChI is InChI=1S/C23H27N5O/c29-21(17-8-2-1-3-9-17)28-15-7-13-23(16-28)22(25-18-10-4-5-11-18)26-20-19(27-23)12-6-14-24-20/h1-3,6,8-9,12,14,18,27H,4-5,7,10-11,13,15-16H2,(H,24,25,26). The Morgan fingerprint density at radius 3 is 2.76 bits per heavy atom. The maximum Gasteiger partial charge on any atom is 0.253 e. The third kappa shape index (κ3) is 3.48. The molecule has 6 nitrogen and oxygen atoms in total. The van der Waals surface area contributed by atoms with E-state index in [0.717, 1.165) is 55.1 Å². The predicted octanol–water partition coefficient (Wildman–Crippen LogP) is 3.94. The highest BCUT2D eigenvalue weighted by atomic mass is 16.2. The predicted molar refractivity (Wildman–Crippen MR) is 115 cm³/mol. The van der Waals surface area contributed by atoms with Crippen LogP contribution in [0.5, 0.6) is 0 Å². The third-order valence-corrected chi connectivity index (χ3v) is 6.31. The quantitative estimate of drug-likeness (QED) is 0.816. The maximum atomic E-state index is 13.1. The fourth-order valence-corrected chi connectivity index (χ4v) is 4.81. The fraction of sp³-hybridized carbons (Fsp3) is 0.435. The van der Waals surface area contributed by atoms with Gasteiger partial charge in [0.2, 0.25) is 0 Å². The van der Waals surface area contributed by atoms with Crippen molar-refractivity contribution in [2.45, 2.75) is 50.1 Å². The van der Waals surface area contributed by atoms with Crippen LogP contribution in [-0.2, 0) is 0 Å². The molecule has 1 amide bonds. The summed E-state index contributed by atoms with van der Waals surface area (Å²) in [6, 6.07) is 13.9. The van der Waals surface area contributed by atoms with Gasteiger partial charge in [-0.15, -0.1) is 0 Å². The van der Waals surface area contributed by atoms with Crippen molar-refractivity contribution in [1.82, 2.24) is 9.88 Å². The summed E-state index contributed by atoms with van der Waals surface area (Å²) >= 11 is 0. The van der Waals surface area contributed by atoms with E-state index in [9.17, 15) is 4.79 Å². The number of fused-ring (bicyclic) bond motifs is 1. The monoisotopic (exact) mass is 389 g/mol. The highest BCUT2D eigenvalue weighted by Gasteiger charge is 2.45. The van der Waals surface area contributed by atoms with E-state index in [4.69, 9.17) is 4.99 Å². The van der Waals surface area contributed by atoms with Gasteiger partial charge < -0.3 is 15.5 Å². The van der Waals surface area contributed by atoms with Gasteiger partial charge in [0.25, 0.3) is 5.91 Å². The molecule has 1 saturated heterocycles. The minimum Gasteiger partial charge on any atom is -0.368 e. The smallest absolute Gasteiger partial charge is 0.253 e. The summed E-state index contributed by atoms with van der Waals surface area (Å²) in [5.74, 6) is 1.85. The van der Waals surface area contributed by atoms with Crippen LogP contribution in [0.1, 0.15) is 48.9 Å². The molecule has 2 aromatic rings. The number of amides is 1. The Balaban J connectivity index is 1.48. The zero-order chi connectivity index (χ0) is 19.7. The number of hydrogen-bond acceptors (Lipinski definition) is 4. The molecular weight excluding hydrogens is 362 g/mol. The molecule has 2 aliphatic heterocycles. The number of nitrogens with zero attached hydrogens (tertiary/aromatic N) is 3. The summed E-state index contributed by atoms with van der Waals surface area (Å²) in [6.07, 6.45) is 8.45. The lowest BCUT2D eigenvalue weighted by Gasteiger charge is -2.47. The number of pyridine rings is 1. The van der Waals surface area contributed by atoms with Crippen molar-refractivity contribution in [3.63, 3.8) is 0 Å². The van der Waals surface area contributed by atoms with E-state index in [0.29, 0.717) is 12.6 Å². The molecule has 6 heteroatoms. The van der Waals surface area contributed by atoms with E-state index in [1.54, 1.807) is 6.20 Å². The number of aromatic nitrogens is 1. The van der Waals surface area contributed by atoms with E-state index < -0.39 is 0 Å². The summed E-state index contributed by atoms with van der Waals surface area (Å²) < 4.78 is 0. The van der Waals surface area contributed by atoms with Crippen molar-refractivity contribution in [3.05, 3.63) is 54.2 Å². The zero-order valence-corrected chi connectivity index (χ0v) is 16.6. The highest BCUT2D eigenvalue weighted by Crippen LogP contribution is 2.36. The Labute approximate surface area is 171 Å². The van der Waals surface area contributed by atoms with Gasteiger partial charge in [0.15, 0.2) is 5.82 Å². The van der Waals surface area contributed by atoms with Crippen LogP contribution in [0, 0.1) is 0 Å². The highest BCUT2D eigenvalue weighted by molar-refractivity contribution is 6.09. The van der Waals surface area contributed by atoms with Gasteiger partial charge in [-0.25, -0.2) is 4.98 Å². The molecule has 2 N–H and O–H groups in total. The number of anilines is 2. The number of carbonyl (C=O) groups is 1. The first kappa shape index (κ1) is 18.2.